The van der Waals surface area contributed by atoms with Crippen LogP contribution in [-0.2, 0) is 4.74 Å². The number of fused-ring (bicyclic) bond motifs is 2. The Labute approximate surface area is 182 Å². The Bertz CT molecular complexity index is 508. The summed E-state index contributed by atoms with van der Waals surface area (Å²) in [6.07, 6.45) is 12.5. The Balaban J connectivity index is 0.00000210. The molecular weight excluding hydrogens is 451 g/mol. The third-order valence-electron chi connectivity index (χ3n) is 7.66. The third kappa shape index (κ3) is 4.27. The SMILES string of the molecule is CN=C(NCCCN1CCCCC1C)NC1C2CCOC2C12CCCC2.I. The number of guanidine groups is 1. The molecule has 5 nitrogen and oxygen atoms in total. The van der Waals surface area contributed by atoms with Crippen LogP contribution in [0.4, 0.5) is 0 Å². The number of nitrogens with zero attached hydrogens (tertiary/aromatic N) is 2. The predicted molar refractivity (Wildman–Crippen MR) is 122 cm³/mol. The normalized spacial score (nSPS) is 35.4. The second-order valence-corrected chi connectivity index (χ2v) is 9.04. The summed E-state index contributed by atoms with van der Waals surface area (Å²) in [4.78, 5) is 7.17. The Morgan fingerprint density at radius 1 is 1.19 bits per heavy atom. The molecular formula is C21H39IN4O. The second kappa shape index (κ2) is 9.61. The molecule has 4 fully saturated rings. The maximum absolute atomic E-state index is 6.11. The zero-order valence-electron chi connectivity index (χ0n) is 17.2. The van der Waals surface area contributed by atoms with Gasteiger partial charge in [0.2, 0.25) is 0 Å². The molecule has 4 rings (SSSR count). The van der Waals surface area contributed by atoms with E-state index in [1.807, 2.05) is 7.05 Å². The molecule has 6 heteroatoms. The van der Waals surface area contributed by atoms with Crippen molar-refractivity contribution in [2.75, 3.05) is 33.3 Å². The fourth-order valence-corrected chi connectivity index (χ4v) is 6.22. The molecule has 1 spiro atoms. The van der Waals surface area contributed by atoms with Crippen LogP contribution in [0.15, 0.2) is 4.99 Å². The van der Waals surface area contributed by atoms with Gasteiger partial charge >= 0.3 is 0 Å². The molecule has 2 saturated heterocycles. The summed E-state index contributed by atoms with van der Waals surface area (Å²) >= 11 is 0. The summed E-state index contributed by atoms with van der Waals surface area (Å²) in [6.45, 7) is 6.83. The molecule has 4 unspecified atom stereocenters. The molecule has 2 aliphatic heterocycles. The van der Waals surface area contributed by atoms with Crippen molar-refractivity contribution in [2.45, 2.75) is 82.9 Å². The van der Waals surface area contributed by atoms with Crippen LogP contribution in [0.1, 0.15) is 64.7 Å². The minimum Gasteiger partial charge on any atom is -0.377 e. The quantitative estimate of drug-likeness (QED) is 0.269. The zero-order chi connectivity index (χ0) is 18.0. The molecule has 156 valence electrons. The van der Waals surface area contributed by atoms with Crippen molar-refractivity contribution in [3.05, 3.63) is 0 Å². The van der Waals surface area contributed by atoms with Crippen molar-refractivity contribution in [1.82, 2.24) is 15.5 Å². The molecule has 2 N–H and O–H groups in total. The van der Waals surface area contributed by atoms with E-state index in [0.29, 0.717) is 23.5 Å². The van der Waals surface area contributed by atoms with Crippen LogP contribution in [0, 0.1) is 11.3 Å². The van der Waals surface area contributed by atoms with E-state index in [1.165, 1.54) is 70.9 Å². The molecule has 2 heterocycles. The number of halogens is 1. The average molecular weight is 490 g/mol. The summed E-state index contributed by atoms with van der Waals surface area (Å²) in [5.41, 5.74) is 0.391. The average Bonchev–Trinajstić information content (AvgIpc) is 3.31. The van der Waals surface area contributed by atoms with E-state index < -0.39 is 0 Å². The summed E-state index contributed by atoms with van der Waals surface area (Å²) in [5.74, 6) is 1.69. The molecule has 0 aromatic rings. The lowest BCUT2D eigenvalue weighted by Crippen LogP contribution is -2.69. The molecule has 2 saturated carbocycles. The Kier molecular flexibility index (Phi) is 7.70. The molecule has 0 radical (unpaired) electrons. The van der Waals surface area contributed by atoms with Gasteiger partial charge in [-0.25, -0.2) is 0 Å². The van der Waals surface area contributed by atoms with Crippen LogP contribution in [0.2, 0.25) is 0 Å². The van der Waals surface area contributed by atoms with Crippen LogP contribution in [0.3, 0.4) is 0 Å². The lowest BCUT2D eigenvalue weighted by Gasteiger charge is -2.57. The number of hydrogen-bond donors (Lipinski definition) is 2. The van der Waals surface area contributed by atoms with Crippen LogP contribution in [-0.4, -0.2) is 62.3 Å². The van der Waals surface area contributed by atoms with E-state index in [4.69, 9.17) is 4.74 Å². The van der Waals surface area contributed by atoms with E-state index >= 15 is 0 Å². The first-order valence-corrected chi connectivity index (χ1v) is 11.1. The highest BCUT2D eigenvalue weighted by molar-refractivity contribution is 14.0. The number of nitrogens with one attached hydrogen (secondary N) is 2. The molecule has 0 aromatic carbocycles. The first-order valence-electron chi connectivity index (χ1n) is 11.1. The minimum atomic E-state index is 0. The van der Waals surface area contributed by atoms with Crippen LogP contribution >= 0.6 is 24.0 Å². The summed E-state index contributed by atoms with van der Waals surface area (Å²) in [7, 11) is 1.91. The fraction of sp³-hybridized carbons (Fsp3) is 0.952. The van der Waals surface area contributed by atoms with Crippen molar-refractivity contribution < 1.29 is 4.74 Å². The van der Waals surface area contributed by atoms with Gasteiger partial charge < -0.3 is 20.3 Å². The minimum absolute atomic E-state index is 0. The second-order valence-electron chi connectivity index (χ2n) is 9.04. The van der Waals surface area contributed by atoms with Gasteiger partial charge in [0.05, 0.1) is 6.10 Å². The van der Waals surface area contributed by atoms with E-state index in [2.05, 4.69) is 27.4 Å². The molecule has 0 amide bonds. The number of hydrogen-bond acceptors (Lipinski definition) is 3. The fourth-order valence-electron chi connectivity index (χ4n) is 6.22. The van der Waals surface area contributed by atoms with Gasteiger partial charge in [-0.05, 0) is 52.0 Å². The summed E-state index contributed by atoms with van der Waals surface area (Å²) in [5, 5.41) is 7.38. The van der Waals surface area contributed by atoms with Gasteiger partial charge in [0.15, 0.2) is 5.96 Å². The van der Waals surface area contributed by atoms with Gasteiger partial charge in [-0.3, -0.25) is 4.99 Å². The first-order chi connectivity index (χ1) is 12.7. The largest absolute Gasteiger partial charge is 0.377 e. The predicted octanol–water partition coefficient (Wildman–Crippen LogP) is 3.38. The highest BCUT2D eigenvalue weighted by Crippen LogP contribution is 2.60. The topological polar surface area (TPSA) is 48.9 Å². The summed E-state index contributed by atoms with van der Waals surface area (Å²) in [6, 6.07) is 1.32. The third-order valence-corrected chi connectivity index (χ3v) is 7.66. The Morgan fingerprint density at radius 3 is 2.74 bits per heavy atom. The standard InChI is InChI=1S/C21H38N4O.HI/c1-16-8-3-6-13-25(16)14-7-12-23-20(22-2)24-18-17-9-15-26-19(17)21(18)10-4-5-11-21;/h16-19H,3-15H2,1-2H3,(H2,22,23,24);1H. The van der Waals surface area contributed by atoms with Crippen molar-refractivity contribution >= 4 is 29.9 Å². The Hall–Kier alpha value is -0.0800. The number of aliphatic imine (C=N–C) groups is 1. The molecule has 0 bridgehead atoms. The molecule has 2 aliphatic carbocycles. The van der Waals surface area contributed by atoms with Gasteiger partial charge in [0, 0.05) is 50.2 Å². The van der Waals surface area contributed by atoms with Crippen LogP contribution in [0.5, 0.6) is 0 Å². The van der Waals surface area contributed by atoms with Crippen LogP contribution < -0.4 is 10.6 Å². The molecule has 4 aliphatic rings. The van der Waals surface area contributed by atoms with Crippen molar-refractivity contribution in [1.29, 1.82) is 0 Å². The maximum Gasteiger partial charge on any atom is 0.191 e. The monoisotopic (exact) mass is 490 g/mol. The van der Waals surface area contributed by atoms with Crippen LogP contribution in [0.25, 0.3) is 0 Å². The highest BCUT2D eigenvalue weighted by Gasteiger charge is 2.65. The van der Waals surface area contributed by atoms with E-state index in [1.54, 1.807) is 0 Å². The molecule has 27 heavy (non-hydrogen) atoms. The van der Waals surface area contributed by atoms with Gasteiger partial charge in [-0.2, -0.15) is 0 Å². The number of piperidine rings is 1. The van der Waals surface area contributed by atoms with E-state index in [0.717, 1.165) is 25.2 Å². The molecule has 0 aromatic heterocycles. The highest BCUT2D eigenvalue weighted by atomic mass is 127. The van der Waals surface area contributed by atoms with Gasteiger partial charge in [-0.15, -0.1) is 24.0 Å². The number of ether oxygens (including phenoxy) is 1. The number of rotatable bonds is 5. The van der Waals surface area contributed by atoms with Crippen molar-refractivity contribution in [3.63, 3.8) is 0 Å². The maximum atomic E-state index is 6.11. The lowest BCUT2D eigenvalue weighted by molar-refractivity contribution is -0.125. The number of likely N-dealkylation sites (tertiary alicyclic amines) is 1. The smallest absolute Gasteiger partial charge is 0.191 e. The first kappa shape index (κ1) is 21.6. The van der Waals surface area contributed by atoms with Crippen molar-refractivity contribution in [2.24, 2.45) is 16.3 Å². The van der Waals surface area contributed by atoms with Gasteiger partial charge in [0.25, 0.3) is 0 Å². The van der Waals surface area contributed by atoms with Gasteiger partial charge in [-0.1, -0.05) is 19.3 Å². The van der Waals surface area contributed by atoms with E-state index in [9.17, 15) is 0 Å². The zero-order valence-corrected chi connectivity index (χ0v) is 19.5. The lowest BCUT2D eigenvalue weighted by atomic mass is 9.54. The van der Waals surface area contributed by atoms with Crippen molar-refractivity contribution in [3.8, 4) is 0 Å². The van der Waals surface area contributed by atoms with Gasteiger partial charge in [0.1, 0.15) is 0 Å². The molecule has 4 atom stereocenters. The van der Waals surface area contributed by atoms with E-state index in [-0.39, 0.29) is 24.0 Å². The Morgan fingerprint density at radius 2 is 2.00 bits per heavy atom. The summed E-state index contributed by atoms with van der Waals surface area (Å²) < 4.78 is 6.11.